The Kier molecular flexibility index (Phi) is 4.85. The first kappa shape index (κ1) is 22.3. The third-order valence-electron chi connectivity index (χ3n) is 12.5. The summed E-state index contributed by atoms with van der Waals surface area (Å²) in [5, 5.41) is 22.3. The lowest BCUT2D eigenvalue weighted by Crippen LogP contribution is -2.66. The van der Waals surface area contributed by atoms with E-state index in [-0.39, 0.29) is 23.2 Å². The molecule has 32 heavy (non-hydrogen) atoms. The quantitative estimate of drug-likeness (QED) is 0.540. The minimum atomic E-state index is -0.714. The minimum Gasteiger partial charge on any atom is -0.393 e. The highest BCUT2D eigenvalue weighted by Gasteiger charge is 2.71. The second kappa shape index (κ2) is 6.95. The fraction of sp³-hybridized carbons (Fsp3) is 1.00. The van der Waals surface area contributed by atoms with Gasteiger partial charge in [-0.05, 0) is 91.3 Å². The molecule has 6 fully saturated rings. The second-order valence-corrected chi connectivity index (χ2v) is 13.8. The summed E-state index contributed by atoms with van der Waals surface area (Å²) < 4.78 is 13.4. The molecule has 182 valence electrons. The Morgan fingerprint density at radius 1 is 0.906 bits per heavy atom. The zero-order valence-electron chi connectivity index (χ0n) is 21.0. The van der Waals surface area contributed by atoms with Crippen LogP contribution in [-0.2, 0) is 9.47 Å². The number of aliphatic hydroxyl groups is 2. The van der Waals surface area contributed by atoms with Crippen LogP contribution < -0.4 is 0 Å². The molecule has 4 nitrogen and oxygen atoms in total. The standard InChI is InChI=1S/C28H46O4/c1-16-6-11-28(31-15-16)18(3)24-23(32-28)13-22-20-12-17(2)27(30)14-19(29)7-10-26(27,5)21(20)8-9-25(22,24)4/h16-24,29-30H,6-15H2,1-5H3/t16-,17+,18+,19-,20+,21-,22-,23-,24-,25+,26-,27+,28-/m1/s1. The molecule has 0 bridgehead atoms. The molecule has 0 aromatic heterocycles. The molecule has 2 heterocycles. The van der Waals surface area contributed by atoms with Gasteiger partial charge in [0.25, 0.3) is 0 Å². The number of hydrogen-bond donors (Lipinski definition) is 2. The zero-order chi connectivity index (χ0) is 22.7. The highest BCUT2D eigenvalue weighted by molar-refractivity contribution is 5.19. The van der Waals surface area contributed by atoms with E-state index in [1.807, 2.05) is 0 Å². The smallest absolute Gasteiger partial charge is 0.171 e. The Bertz CT molecular complexity index is 761. The van der Waals surface area contributed by atoms with Crippen LogP contribution in [0, 0.1) is 52.3 Å². The predicted octanol–water partition coefficient (Wildman–Crippen LogP) is 5.15. The van der Waals surface area contributed by atoms with Crippen LogP contribution in [0.2, 0.25) is 0 Å². The van der Waals surface area contributed by atoms with E-state index < -0.39 is 5.60 Å². The first-order valence-electron chi connectivity index (χ1n) is 13.8. The van der Waals surface area contributed by atoms with Crippen LogP contribution in [0.4, 0.5) is 0 Å². The van der Waals surface area contributed by atoms with Crippen LogP contribution in [0.1, 0.15) is 92.4 Å². The molecule has 6 aliphatic rings. The molecule has 1 spiro atoms. The molecule has 4 saturated carbocycles. The SMILES string of the molecule is C[C@@H]1CC[C@@]2(OC1)O[C@@H]1C[C@@H]3[C@H]4C[C@H](C)[C@@]5(O)C[C@H](O)CC[C@]5(C)[C@@H]4CC[C@]3(C)[C@@H]1[C@@H]2C. The lowest BCUT2D eigenvalue weighted by molar-refractivity contribution is -0.276. The molecule has 2 saturated heterocycles. The van der Waals surface area contributed by atoms with Crippen LogP contribution in [-0.4, -0.2) is 40.4 Å². The largest absolute Gasteiger partial charge is 0.393 e. The minimum absolute atomic E-state index is 0.0656. The van der Waals surface area contributed by atoms with E-state index in [1.165, 1.54) is 25.7 Å². The van der Waals surface area contributed by atoms with Crippen molar-refractivity contribution >= 4 is 0 Å². The van der Waals surface area contributed by atoms with E-state index in [4.69, 9.17) is 9.47 Å². The van der Waals surface area contributed by atoms with Gasteiger partial charge in [-0.15, -0.1) is 0 Å². The Hall–Kier alpha value is -0.160. The maximum Gasteiger partial charge on any atom is 0.171 e. The summed E-state index contributed by atoms with van der Waals surface area (Å²) in [7, 11) is 0. The zero-order valence-corrected chi connectivity index (χ0v) is 21.0. The third kappa shape index (κ3) is 2.65. The van der Waals surface area contributed by atoms with Gasteiger partial charge in [-0.2, -0.15) is 0 Å². The molecule has 0 aromatic rings. The van der Waals surface area contributed by atoms with Crippen molar-refractivity contribution in [3.05, 3.63) is 0 Å². The highest BCUT2D eigenvalue weighted by atomic mass is 16.7. The fourth-order valence-corrected chi connectivity index (χ4v) is 10.7. The van der Waals surface area contributed by atoms with Crippen molar-refractivity contribution in [3.8, 4) is 0 Å². The van der Waals surface area contributed by atoms with E-state index in [2.05, 4.69) is 34.6 Å². The maximum atomic E-state index is 11.9. The van der Waals surface area contributed by atoms with Crippen molar-refractivity contribution in [3.63, 3.8) is 0 Å². The molecule has 0 unspecified atom stereocenters. The van der Waals surface area contributed by atoms with Gasteiger partial charge >= 0.3 is 0 Å². The van der Waals surface area contributed by atoms with Crippen LogP contribution in [0.15, 0.2) is 0 Å². The molecule has 0 radical (unpaired) electrons. The summed E-state index contributed by atoms with van der Waals surface area (Å²) >= 11 is 0. The van der Waals surface area contributed by atoms with E-state index in [0.29, 0.717) is 53.4 Å². The van der Waals surface area contributed by atoms with E-state index in [1.54, 1.807) is 0 Å². The van der Waals surface area contributed by atoms with Gasteiger partial charge in [0.1, 0.15) is 0 Å². The fourth-order valence-electron chi connectivity index (χ4n) is 10.7. The molecular formula is C28H46O4. The van der Waals surface area contributed by atoms with Gasteiger partial charge in [0.05, 0.1) is 24.4 Å². The molecule has 6 rings (SSSR count). The Labute approximate surface area is 194 Å². The van der Waals surface area contributed by atoms with Gasteiger partial charge < -0.3 is 19.7 Å². The Balaban J connectivity index is 1.30. The summed E-state index contributed by atoms with van der Waals surface area (Å²) in [4.78, 5) is 0. The van der Waals surface area contributed by atoms with Crippen LogP contribution in [0.5, 0.6) is 0 Å². The highest BCUT2D eigenvalue weighted by Crippen LogP contribution is 2.72. The van der Waals surface area contributed by atoms with Crippen molar-refractivity contribution in [2.45, 2.75) is 116 Å². The number of aliphatic hydroxyl groups excluding tert-OH is 1. The lowest BCUT2D eigenvalue weighted by atomic mass is 9.41. The molecule has 4 heteroatoms. The molecule has 4 aliphatic carbocycles. The molecule has 13 atom stereocenters. The number of hydrogen-bond acceptors (Lipinski definition) is 4. The first-order chi connectivity index (χ1) is 15.0. The topological polar surface area (TPSA) is 58.9 Å². The van der Waals surface area contributed by atoms with Crippen molar-refractivity contribution in [1.29, 1.82) is 0 Å². The van der Waals surface area contributed by atoms with Gasteiger partial charge in [-0.25, -0.2) is 0 Å². The van der Waals surface area contributed by atoms with Crippen molar-refractivity contribution < 1.29 is 19.7 Å². The average molecular weight is 447 g/mol. The first-order valence-corrected chi connectivity index (χ1v) is 13.8. The number of rotatable bonds is 0. The monoisotopic (exact) mass is 446 g/mol. The number of ether oxygens (including phenoxy) is 2. The van der Waals surface area contributed by atoms with Crippen LogP contribution >= 0.6 is 0 Å². The molecule has 2 N–H and O–H groups in total. The average Bonchev–Trinajstić information content (AvgIpc) is 3.18. The molecule has 0 aromatic carbocycles. The van der Waals surface area contributed by atoms with Crippen molar-refractivity contribution in [1.82, 2.24) is 0 Å². The van der Waals surface area contributed by atoms with Crippen molar-refractivity contribution in [2.75, 3.05) is 6.61 Å². The predicted molar refractivity (Wildman–Crippen MR) is 124 cm³/mol. The Morgan fingerprint density at radius 2 is 1.69 bits per heavy atom. The summed E-state index contributed by atoms with van der Waals surface area (Å²) in [5.41, 5.74) is -0.459. The normalized spacial score (nSPS) is 64.0. The van der Waals surface area contributed by atoms with Crippen LogP contribution in [0.3, 0.4) is 0 Å². The molecular weight excluding hydrogens is 400 g/mol. The summed E-state index contributed by atoms with van der Waals surface area (Å²) in [6.45, 7) is 12.8. The molecule has 2 aliphatic heterocycles. The summed E-state index contributed by atoms with van der Waals surface area (Å²) in [6, 6.07) is 0. The van der Waals surface area contributed by atoms with E-state index >= 15 is 0 Å². The Morgan fingerprint density at radius 3 is 2.41 bits per heavy atom. The van der Waals surface area contributed by atoms with Gasteiger partial charge in [0.2, 0.25) is 0 Å². The summed E-state index contributed by atoms with van der Waals surface area (Å²) in [5.74, 6) is 3.56. The van der Waals surface area contributed by atoms with E-state index in [0.717, 1.165) is 32.3 Å². The van der Waals surface area contributed by atoms with Gasteiger partial charge in [0.15, 0.2) is 5.79 Å². The lowest BCUT2D eigenvalue weighted by Gasteiger charge is -2.66. The van der Waals surface area contributed by atoms with Gasteiger partial charge in [-0.3, -0.25) is 0 Å². The van der Waals surface area contributed by atoms with Crippen molar-refractivity contribution in [2.24, 2.45) is 52.3 Å². The third-order valence-corrected chi connectivity index (χ3v) is 12.5. The summed E-state index contributed by atoms with van der Waals surface area (Å²) in [6.07, 6.45) is 9.42. The van der Waals surface area contributed by atoms with Gasteiger partial charge in [0, 0.05) is 18.8 Å². The number of fused-ring (bicyclic) bond motifs is 7. The van der Waals surface area contributed by atoms with Crippen LogP contribution in [0.25, 0.3) is 0 Å². The second-order valence-electron chi connectivity index (χ2n) is 13.8. The maximum absolute atomic E-state index is 11.9. The van der Waals surface area contributed by atoms with Gasteiger partial charge in [-0.1, -0.05) is 34.6 Å². The molecule has 0 amide bonds. The van der Waals surface area contributed by atoms with E-state index in [9.17, 15) is 10.2 Å².